The predicted octanol–water partition coefficient (Wildman–Crippen LogP) is -0.982. The first kappa shape index (κ1) is 56.4. The second-order valence-electron chi connectivity index (χ2n) is 15.6. The van der Waals surface area contributed by atoms with Gasteiger partial charge in [0.15, 0.2) is 17.8 Å². The molecule has 0 saturated heterocycles. The fourth-order valence-electron chi connectivity index (χ4n) is 6.36. The number of aliphatic carboxylic acids is 4. The number of benzene rings is 2. The zero-order valence-corrected chi connectivity index (χ0v) is 37.1. The van der Waals surface area contributed by atoms with Crippen molar-refractivity contribution >= 4 is 71.6 Å². The number of urea groups is 1. The lowest BCUT2D eigenvalue weighted by Gasteiger charge is -2.23. The molecule has 0 aromatic heterocycles. The maximum absolute atomic E-state index is 14.0. The van der Waals surface area contributed by atoms with Crippen LogP contribution in [0, 0.1) is 11.8 Å². The second-order valence-corrected chi connectivity index (χ2v) is 15.6. The Balaban J connectivity index is 2.11. The van der Waals surface area contributed by atoms with Gasteiger partial charge in [0.1, 0.15) is 12.1 Å². The van der Waals surface area contributed by atoms with Gasteiger partial charge in [-0.05, 0) is 30.4 Å². The summed E-state index contributed by atoms with van der Waals surface area (Å²) in [5.74, 6) is -12.3. The first-order valence-corrected chi connectivity index (χ1v) is 21.3. The van der Waals surface area contributed by atoms with Gasteiger partial charge in [0.25, 0.3) is 6.47 Å². The van der Waals surface area contributed by atoms with Crippen molar-refractivity contribution in [2.24, 2.45) is 17.6 Å². The molecule has 0 aliphatic heterocycles. The van der Waals surface area contributed by atoms with Crippen LogP contribution in [0.3, 0.4) is 0 Å². The third-order valence-corrected chi connectivity index (χ3v) is 10.1. The van der Waals surface area contributed by atoms with E-state index in [1.165, 1.54) is 6.92 Å². The average molecular weight is 956 g/mol. The number of rotatable bonds is 33. The Morgan fingerprint density at radius 3 is 1.76 bits per heavy atom. The lowest BCUT2D eigenvalue weighted by molar-refractivity contribution is -0.144. The van der Waals surface area contributed by atoms with Crippen molar-refractivity contribution in [2.75, 3.05) is 13.1 Å². The molecule has 0 aliphatic carbocycles. The van der Waals surface area contributed by atoms with E-state index in [0.29, 0.717) is 11.1 Å². The number of ketones is 2. The van der Waals surface area contributed by atoms with Crippen LogP contribution in [0.15, 0.2) is 60.7 Å². The first-order chi connectivity index (χ1) is 32.2. The quantitative estimate of drug-likeness (QED) is 0.0302. The summed E-state index contributed by atoms with van der Waals surface area (Å²) in [7, 11) is 0. The van der Waals surface area contributed by atoms with Gasteiger partial charge in [0, 0.05) is 51.1 Å². The number of amides is 6. The standard InChI is InChI=1S/C44H57N7O17/c1-25(42(63)64)18-33(53)32(22-39(59)60)49-41(62)29(45)23-47-40(61)28(19-26-8-4-2-5-9-26)21-34(54)31(20-27-10-6-3-7-11-27)48-36(56)16-17-46-35(55)13-12-30(43(65)66)50-44(67)51-37(68-24-52)14-15-38(57)58/h2-11,24-25,28-32,37H,12-23,45H2,1H3,(H,46,55)(H,47,61)(H,48,56)(H,49,62)(H,57,58)(H,59,60)(H,63,64)(H,65,66)(H2,50,51,67)/t25-,28+,29-,30-,31-,32-,37+/m0/s1. The van der Waals surface area contributed by atoms with Gasteiger partial charge in [-0.1, -0.05) is 67.6 Å². The number of Topliss-reactive ketones (excluding diaryl/α,β-unsaturated/α-hetero) is 2. The molecule has 0 spiro atoms. The molecule has 7 atom stereocenters. The molecule has 0 radical (unpaired) electrons. The van der Waals surface area contributed by atoms with Crippen molar-refractivity contribution in [3.05, 3.63) is 71.8 Å². The van der Waals surface area contributed by atoms with E-state index < -0.39 is 152 Å². The fourth-order valence-corrected chi connectivity index (χ4v) is 6.36. The van der Waals surface area contributed by atoms with Gasteiger partial charge < -0.3 is 62.8 Å². The maximum atomic E-state index is 14.0. The molecule has 0 aliphatic rings. The molecule has 0 heterocycles. The molecule has 0 unspecified atom stereocenters. The normalized spacial score (nSPS) is 13.8. The molecule has 24 nitrogen and oxygen atoms in total. The Labute approximate surface area is 389 Å². The fraction of sp³-hybridized carbons (Fsp3) is 0.455. The van der Waals surface area contributed by atoms with Crippen molar-refractivity contribution < 1.29 is 82.7 Å². The number of nitrogens with two attached hydrogens (primary N) is 1. The van der Waals surface area contributed by atoms with Gasteiger partial charge >= 0.3 is 29.9 Å². The summed E-state index contributed by atoms with van der Waals surface area (Å²) >= 11 is 0. The van der Waals surface area contributed by atoms with Crippen LogP contribution in [-0.2, 0) is 70.3 Å². The molecule has 2 aromatic rings. The average Bonchev–Trinajstić information content (AvgIpc) is 3.28. The summed E-state index contributed by atoms with van der Waals surface area (Å²) in [4.78, 5) is 147. The Morgan fingerprint density at radius 2 is 1.21 bits per heavy atom. The second kappa shape index (κ2) is 29.7. The minimum atomic E-state index is -1.60. The molecule has 68 heavy (non-hydrogen) atoms. The van der Waals surface area contributed by atoms with E-state index in [-0.39, 0.29) is 38.7 Å². The summed E-state index contributed by atoms with van der Waals surface area (Å²) in [6, 6.07) is 10.2. The van der Waals surface area contributed by atoms with Gasteiger partial charge in [-0.3, -0.25) is 47.9 Å². The molecule has 0 bridgehead atoms. The topological polar surface area (TPSA) is 393 Å². The third kappa shape index (κ3) is 22.4. The van der Waals surface area contributed by atoms with Crippen LogP contribution in [-0.4, -0.2) is 135 Å². The number of hydrogen-bond acceptors (Lipinski definition) is 14. The van der Waals surface area contributed by atoms with Crippen molar-refractivity contribution in [2.45, 2.75) is 102 Å². The zero-order valence-electron chi connectivity index (χ0n) is 37.1. The van der Waals surface area contributed by atoms with Crippen LogP contribution in [0.5, 0.6) is 0 Å². The predicted molar refractivity (Wildman–Crippen MR) is 235 cm³/mol. The molecule has 2 aromatic carbocycles. The Hall–Kier alpha value is -7.76. The lowest BCUT2D eigenvalue weighted by Crippen LogP contribution is -2.53. The number of carbonyl (C=O) groups excluding carboxylic acids is 8. The van der Waals surface area contributed by atoms with Gasteiger partial charge in [-0.15, -0.1) is 0 Å². The lowest BCUT2D eigenvalue weighted by atomic mass is 9.89. The molecule has 12 N–H and O–H groups in total. The van der Waals surface area contributed by atoms with Crippen LogP contribution in [0.4, 0.5) is 4.79 Å². The van der Waals surface area contributed by atoms with Crippen molar-refractivity contribution in [3.63, 3.8) is 0 Å². The molecule has 6 amide bonds. The number of ether oxygens (including phenoxy) is 1. The van der Waals surface area contributed by atoms with Crippen molar-refractivity contribution in [3.8, 4) is 0 Å². The van der Waals surface area contributed by atoms with E-state index in [2.05, 4.69) is 36.6 Å². The third-order valence-electron chi connectivity index (χ3n) is 10.1. The summed E-state index contributed by atoms with van der Waals surface area (Å²) in [5.41, 5.74) is 7.32. The summed E-state index contributed by atoms with van der Waals surface area (Å²) < 4.78 is 4.60. The van der Waals surface area contributed by atoms with E-state index >= 15 is 0 Å². The summed E-state index contributed by atoms with van der Waals surface area (Å²) in [5, 5.41) is 50.9. The van der Waals surface area contributed by atoms with Gasteiger partial charge in [0.05, 0.1) is 30.8 Å². The van der Waals surface area contributed by atoms with Crippen LogP contribution < -0.4 is 37.6 Å². The minimum Gasteiger partial charge on any atom is -0.481 e. The molecule has 0 fully saturated rings. The number of nitrogens with one attached hydrogen (secondary N) is 6. The van der Waals surface area contributed by atoms with Crippen LogP contribution in [0.2, 0.25) is 0 Å². The molecule has 370 valence electrons. The molecule has 2 rings (SSSR count). The monoisotopic (exact) mass is 955 g/mol. The smallest absolute Gasteiger partial charge is 0.326 e. The van der Waals surface area contributed by atoms with E-state index in [4.69, 9.17) is 15.9 Å². The van der Waals surface area contributed by atoms with Crippen molar-refractivity contribution in [1.29, 1.82) is 0 Å². The number of carboxylic acid groups (broad SMARTS) is 4. The molecular weight excluding hydrogens is 899 g/mol. The van der Waals surface area contributed by atoms with Crippen LogP contribution in [0.25, 0.3) is 0 Å². The van der Waals surface area contributed by atoms with E-state index in [1.807, 2.05) is 0 Å². The molecule has 0 saturated carbocycles. The van der Waals surface area contributed by atoms with E-state index in [1.54, 1.807) is 60.7 Å². The van der Waals surface area contributed by atoms with E-state index in [0.717, 1.165) is 0 Å². The van der Waals surface area contributed by atoms with Gasteiger partial charge in [-0.2, -0.15) is 0 Å². The highest BCUT2D eigenvalue weighted by Crippen LogP contribution is 2.17. The zero-order chi connectivity index (χ0) is 50.8. The van der Waals surface area contributed by atoms with Crippen LogP contribution in [0.1, 0.15) is 69.4 Å². The molecule has 24 heteroatoms. The largest absolute Gasteiger partial charge is 0.481 e. The summed E-state index contributed by atoms with van der Waals surface area (Å²) in [6.45, 7) is 0.438. The number of carbonyl (C=O) groups is 12. The Morgan fingerprint density at radius 1 is 0.603 bits per heavy atom. The maximum Gasteiger partial charge on any atom is 0.326 e. The van der Waals surface area contributed by atoms with Crippen LogP contribution >= 0.6 is 0 Å². The van der Waals surface area contributed by atoms with Gasteiger partial charge in [0.2, 0.25) is 23.6 Å². The summed E-state index contributed by atoms with van der Waals surface area (Å²) in [6.07, 6.45) is -5.16. The highest BCUT2D eigenvalue weighted by atomic mass is 16.5. The molecular formula is C44H57N7O17. The number of hydrogen-bond donors (Lipinski definition) is 11. The SMILES string of the molecule is C[C@@H](CC(=O)[C@H](CC(=O)O)NC(=O)[C@@H](N)CNC(=O)[C@@H](CC(=O)[C@H](Cc1ccccc1)NC(=O)CCNC(=O)CC[C@H](NC(=O)N[C@@H](CCC(=O)O)OC=O)C(=O)O)Cc1ccccc1)C(=O)O. The Kier molecular flexibility index (Phi) is 24.6. The first-order valence-electron chi connectivity index (χ1n) is 21.3. The highest BCUT2D eigenvalue weighted by Gasteiger charge is 2.31. The highest BCUT2D eigenvalue weighted by molar-refractivity contribution is 5.96. The minimum absolute atomic E-state index is 0.00267. The van der Waals surface area contributed by atoms with Gasteiger partial charge in [-0.25, -0.2) is 9.59 Å². The van der Waals surface area contributed by atoms with Crippen molar-refractivity contribution in [1.82, 2.24) is 31.9 Å². The number of carboxylic acids is 4. The van der Waals surface area contributed by atoms with E-state index in [9.17, 15) is 67.7 Å². The Bertz CT molecular complexity index is 2090.